The van der Waals surface area contributed by atoms with E-state index in [9.17, 15) is 10.1 Å². The molecule has 1 aromatic heterocycles. The lowest BCUT2D eigenvalue weighted by molar-refractivity contribution is -0.117. The lowest BCUT2D eigenvalue weighted by Gasteiger charge is -2.13. The molecule has 0 unspecified atom stereocenters. The molecule has 0 saturated carbocycles. The van der Waals surface area contributed by atoms with E-state index in [4.69, 9.17) is 4.42 Å². The second kappa shape index (κ2) is 8.93. The predicted molar refractivity (Wildman–Crippen MR) is 106 cm³/mol. The van der Waals surface area contributed by atoms with E-state index < -0.39 is 5.91 Å². The third-order valence-electron chi connectivity index (χ3n) is 3.86. The summed E-state index contributed by atoms with van der Waals surface area (Å²) in [6.07, 6.45) is 1.46. The number of nitrogens with zero attached hydrogens (tertiary/aromatic N) is 1. The van der Waals surface area contributed by atoms with E-state index >= 15 is 0 Å². The van der Waals surface area contributed by atoms with Crippen LogP contribution in [0.2, 0.25) is 0 Å². The summed E-state index contributed by atoms with van der Waals surface area (Å²) >= 11 is 1.48. The maximum Gasteiger partial charge on any atom is 0.262 e. The van der Waals surface area contributed by atoms with Gasteiger partial charge in [0.1, 0.15) is 17.4 Å². The van der Waals surface area contributed by atoms with Gasteiger partial charge in [0, 0.05) is 11.0 Å². The largest absolute Gasteiger partial charge is 0.450 e. The molecule has 0 radical (unpaired) electrons. The molecule has 0 fully saturated rings. The molecule has 1 heterocycles. The molecule has 27 heavy (non-hydrogen) atoms. The summed E-state index contributed by atoms with van der Waals surface area (Å²) in [7, 11) is 0. The molecule has 134 valence electrons. The van der Waals surface area contributed by atoms with Gasteiger partial charge in [0.15, 0.2) is 5.09 Å². The van der Waals surface area contributed by atoms with E-state index in [2.05, 4.69) is 5.32 Å². The van der Waals surface area contributed by atoms with E-state index in [1.165, 1.54) is 17.8 Å². The van der Waals surface area contributed by atoms with E-state index in [-0.39, 0.29) is 11.6 Å². The van der Waals surface area contributed by atoms with Gasteiger partial charge in [-0.05, 0) is 36.8 Å². The van der Waals surface area contributed by atoms with Gasteiger partial charge in [-0.15, -0.1) is 0 Å². The Bertz CT molecular complexity index is 972. The first-order valence-electron chi connectivity index (χ1n) is 8.46. The molecule has 0 spiro atoms. The van der Waals surface area contributed by atoms with Crippen LogP contribution in [0.5, 0.6) is 0 Å². The summed E-state index contributed by atoms with van der Waals surface area (Å²) in [5.41, 5.74) is 0.978. The summed E-state index contributed by atoms with van der Waals surface area (Å²) in [6.45, 7) is 1.88. The number of rotatable bonds is 6. The van der Waals surface area contributed by atoms with Crippen LogP contribution in [0.4, 0.5) is 0 Å². The molecule has 3 rings (SSSR count). The Morgan fingerprint density at radius 3 is 2.41 bits per heavy atom. The van der Waals surface area contributed by atoms with Crippen LogP contribution in [0.25, 0.3) is 6.08 Å². The Kier molecular flexibility index (Phi) is 6.14. The van der Waals surface area contributed by atoms with Crippen molar-refractivity contribution in [1.82, 2.24) is 5.32 Å². The fourth-order valence-electron chi connectivity index (χ4n) is 2.46. The zero-order valence-corrected chi connectivity index (χ0v) is 15.6. The predicted octanol–water partition coefficient (Wildman–Crippen LogP) is 5.22. The monoisotopic (exact) mass is 374 g/mol. The van der Waals surface area contributed by atoms with Crippen molar-refractivity contribution >= 4 is 23.7 Å². The Labute approximate surface area is 162 Å². The quantitative estimate of drug-likeness (QED) is 0.475. The SMILES string of the molecule is C[C@@H](NC(=O)/C(C#N)=C\c1ccc(Sc2ccccc2)o1)c1ccccc1. The van der Waals surface area contributed by atoms with Crippen molar-refractivity contribution in [3.8, 4) is 6.07 Å². The number of nitriles is 1. The van der Waals surface area contributed by atoms with Gasteiger partial charge in [0.2, 0.25) is 0 Å². The molecule has 4 nitrogen and oxygen atoms in total. The van der Waals surface area contributed by atoms with E-state index in [0.29, 0.717) is 10.9 Å². The number of hydrogen-bond acceptors (Lipinski definition) is 4. The van der Waals surface area contributed by atoms with Crippen LogP contribution in [0.15, 0.2) is 92.8 Å². The summed E-state index contributed by atoms with van der Waals surface area (Å²) in [5.74, 6) is 0.0370. The second-order valence-corrected chi connectivity index (χ2v) is 6.93. The number of carbonyl (C=O) groups excluding carboxylic acids is 1. The first kappa shape index (κ1) is 18.6. The minimum Gasteiger partial charge on any atom is -0.450 e. The Balaban J connectivity index is 1.69. The van der Waals surface area contributed by atoms with Crippen molar-refractivity contribution in [2.45, 2.75) is 23.0 Å². The molecular formula is C22H18N2O2S. The number of furan rings is 1. The first-order valence-corrected chi connectivity index (χ1v) is 9.27. The smallest absolute Gasteiger partial charge is 0.262 e. The van der Waals surface area contributed by atoms with Gasteiger partial charge in [-0.2, -0.15) is 5.26 Å². The number of nitrogens with one attached hydrogen (secondary N) is 1. The van der Waals surface area contributed by atoms with Gasteiger partial charge in [-0.25, -0.2) is 0 Å². The topological polar surface area (TPSA) is 66.0 Å². The summed E-state index contributed by atoms with van der Waals surface area (Å²) < 4.78 is 5.72. The van der Waals surface area contributed by atoms with Crippen molar-refractivity contribution < 1.29 is 9.21 Å². The standard InChI is InChI=1S/C22H18N2O2S/c1-16(17-8-4-2-5-9-17)24-22(25)18(15-23)14-19-12-13-21(26-19)27-20-10-6-3-7-11-20/h2-14,16H,1H3,(H,24,25)/b18-14-/t16-/m1/s1. The molecule has 3 aromatic rings. The molecule has 1 atom stereocenters. The summed E-state index contributed by atoms with van der Waals surface area (Å²) in [4.78, 5) is 13.5. The lowest BCUT2D eigenvalue weighted by Crippen LogP contribution is -2.27. The van der Waals surface area contributed by atoms with E-state index in [1.807, 2.05) is 79.7 Å². The van der Waals surface area contributed by atoms with Crippen molar-refractivity contribution in [2.75, 3.05) is 0 Å². The fourth-order valence-corrected chi connectivity index (χ4v) is 3.26. The minimum absolute atomic E-state index is 0.00314. The summed E-state index contributed by atoms with van der Waals surface area (Å²) in [5, 5.41) is 12.9. The van der Waals surface area contributed by atoms with Crippen molar-refractivity contribution in [1.29, 1.82) is 5.26 Å². The first-order chi connectivity index (χ1) is 13.2. The highest BCUT2D eigenvalue weighted by Crippen LogP contribution is 2.29. The maximum atomic E-state index is 12.4. The average molecular weight is 374 g/mol. The van der Waals surface area contributed by atoms with Gasteiger partial charge in [0.25, 0.3) is 5.91 Å². The number of amides is 1. The molecule has 2 aromatic carbocycles. The van der Waals surface area contributed by atoms with Crippen molar-refractivity contribution in [2.24, 2.45) is 0 Å². The molecule has 5 heteroatoms. The summed E-state index contributed by atoms with van der Waals surface area (Å²) in [6, 6.07) is 24.8. The third kappa shape index (κ3) is 5.13. The highest BCUT2D eigenvalue weighted by Gasteiger charge is 2.14. The van der Waals surface area contributed by atoms with Gasteiger partial charge >= 0.3 is 0 Å². The molecule has 0 aliphatic heterocycles. The van der Waals surface area contributed by atoms with Crippen LogP contribution < -0.4 is 5.32 Å². The second-order valence-electron chi connectivity index (χ2n) is 5.85. The van der Waals surface area contributed by atoms with Crippen LogP contribution in [-0.4, -0.2) is 5.91 Å². The van der Waals surface area contributed by atoms with Gasteiger partial charge in [0.05, 0.1) is 6.04 Å². The zero-order valence-electron chi connectivity index (χ0n) is 14.8. The zero-order chi connectivity index (χ0) is 19.1. The number of carbonyl (C=O) groups is 1. The fraction of sp³-hybridized carbons (Fsp3) is 0.0909. The highest BCUT2D eigenvalue weighted by atomic mass is 32.2. The number of hydrogen-bond donors (Lipinski definition) is 1. The van der Waals surface area contributed by atoms with E-state index in [1.54, 1.807) is 6.07 Å². The molecular weight excluding hydrogens is 356 g/mol. The molecule has 1 amide bonds. The van der Waals surface area contributed by atoms with Crippen molar-refractivity contribution in [3.05, 3.63) is 89.7 Å². The van der Waals surface area contributed by atoms with Crippen LogP contribution in [0.1, 0.15) is 24.3 Å². The highest BCUT2D eigenvalue weighted by molar-refractivity contribution is 7.99. The molecule has 0 saturated heterocycles. The van der Waals surface area contributed by atoms with Crippen LogP contribution in [-0.2, 0) is 4.79 Å². The molecule has 0 aliphatic rings. The molecule has 0 bridgehead atoms. The van der Waals surface area contributed by atoms with Crippen LogP contribution in [0.3, 0.4) is 0 Å². The third-order valence-corrected chi connectivity index (χ3v) is 4.79. The normalized spacial score (nSPS) is 12.2. The Hall–Kier alpha value is -3.23. The minimum atomic E-state index is -0.428. The van der Waals surface area contributed by atoms with Crippen molar-refractivity contribution in [3.63, 3.8) is 0 Å². The van der Waals surface area contributed by atoms with E-state index in [0.717, 1.165) is 10.5 Å². The number of benzene rings is 2. The molecule has 1 N–H and O–H groups in total. The van der Waals surface area contributed by atoms with Crippen LogP contribution in [0, 0.1) is 11.3 Å². The average Bonchev–Trinajstić information content (AvgIpc) is 3.14. The van der Waals surface area contributed by atoms with Gasteiger partial charge in [-0.1, -0.05) is 60.3 Å². The van der Waals surface area contributed by atoms with Gasteiger partial charge in [-0.3, -0.25) is 4.79 Å². The lowest BCUT2D eigenvalue weighted by atomic mass is 10.1. The van der Waals surface area contributed by atoms with Gasteiger partial charge < -0.3 is 9.73 Å². The van der Waals surface area contributed by atoms with Crippen LogP contribution >= 0.6 is 11.8 Å². The maximum absolute atomic E-state index is 12.4. The molecule has 0 aliphatic carbocycles. The Morgan fingerprint density at radius 2 is 1.74 bits per heavy atom. The Morgan fingerprint density at radius 1 is 1.07 bits per heavy atom.